The van der Waals surface area contributed by atoms with Crippen LogP contribution >= 0.6 is 15.9 Å². The van der Waals surface area contributed by atoms with Gasteiger partial charge in [-0.15, -0.1) is 0 Å². The van der Waals surface area contributed by atoms with Gasteiger partial charge in [-0.25, -0.2) is 0 Å². The summed E-state index contributed by atoms with van der Waals surface area (Å²) in [6.45, 7) is 0.900. The summed E-state index contributed by atoms with van der Waals surface area (Å²) >= 11 is 3.69. The SMILES string of the molecule is CN(C)Cc1c(Br)cc2c(CCc3ccccc3)nccn12. The van der Waals surface area contributed by atoms with E-state index in [0.717, 1.165) is 29.6 Å². The van der Waals surface area contributed by atoms with E-state index in [-0.39, 0.29) is 0 Å². The van der Waals surface area contributed by atoms with Gasteiger partial charge in [0.2, 0.25) is 0 Å². The van der Waals surface area contributed by atoms with E-state index in [1.54, 1.807) is 0 Å². The van der Waals surface area contributed by atoms with Crippen molar-refractivity contribution in [3.8, 4) is 0 Å². The van der Waals surface area contributed by atoms with Gasteiger partial charge in [0.25, 0.3) is 0 Å². The molecule has 0 unspecified atom stereocenters. The number of nitrogens with zero attached hydrogens (tertiary/aromatic N) is 3. The molecule has 2 aromatic heterocycles. The van der Waals surface area contributed by atoms with Crippen LogP contribution in [0.3, 0.4) is 0 Å². The fraction of sp³-hybridized carbons (Fsp3) is 0.278. The zero-order chi connectivity index (χ0) is 15.5. The van der Waals surface area contributed by atoms with Gasteiger partial charge in [-0.1, -0.05) is 30.3 Å². The van der Waals surface area contributed by atoms with Crippen LogP contribution in [0.15, 0.2) is 53.3 Å². The van der Waals surface area contributed by atoms with E-state index < -0.39 is 0 Å². The van der Waals surface area contributed by atoms with Crippen molar-refractivity contribution in [2.45, 2.75) is 19.4 Å². The Morgan fingerprint density at radius 3 is 2.64 bits per heavy atom. The smallest absolute Gasteiger partial charge is 0.0681 e. The number of aryl methyl sites for hydroxylation is 2. The Kier molecular flexibility index (Phi) is 4.60. The van der Waals surface area contributed by atoms with Gasteiger partial charge in [0.1, 0.15) is 0 Å². The molecule has 3 rings (SSSR count). The van der Waals surface area contributed by atoms with Crippen molar-refractivity contribution in [2.24, 2.45) is 0 Å². The van der Waals surface area contributed by atoms with Crippen LogP contribution in [-0.2, 0) is 19.4 Å². The maximum absolute atomic E-state index is 4.60. The molecule has 1 aromatic carbocycles. The summed E-state index contributed by atoms with van der Waals surface area (Å²) < 4.78 is 3.40. The molecule has 0 aliphatic rings. The molecular weight excluding hydrogens is 338 g/mol. The number of rotatable bonds is 5. The van der Waals surface area contributed by atoms with E-state index in [0.29, 0.717) is 0 Å². The number of hydrogen-bond donors (Lipinski definition) is 0. The lowest BCUT2D eigenvalue weighted by Gasteiger charge is -2.11. The third-order valence-electron chi connectivity index (χ3n) is 3.79. The summed E-state index contributed by atoms with van der Waals surface area (Å²) in [5.74, 6) is 0. The van der Waals surface area contributed by atoms with E-state index in [1.807, 2.05) is 12.4 Å². The number of aromatic nitrogens is 2. The average Bonchev–Trinajstić information content (AvgIpc) is 2.82. The van der Waals surface area contributed by atoms with Gasteiger partial charge < -0.3 is 9.30 Å². The van der Waals surface area contributed by atoms with Crippen molar-refractivity contribution in [1.29, 1.82) is 0 Å². The van der Waals surface area contributed by atoms with Gasteiger partial charge in [-0.05, 0) is 54.5 Å². The predicted molar refractivity (Wildman–Crippen MR) is 94.1 cm³/mol. The quantitative estimate of drug-likeness (QED) is 0.689. The molecule has 0 spiro atoms. The Morgan fingerprint density at radius 2 is 1.91 bits per heavy atom. The number of hydrogen-bond acceptors (Lipinski definition) is 2. The standard InChI is InChI=1S/C18H20BrN3/c1-21(2)13-18-15(19)12-17-16(20-10-11-22(17)18)9-8-14-6-4-3-5-7-14/h3-7,10-12H,8-9,13H2,1-2H3. The highest BCUT2D eigenvalue weighted by Crippen LogP contribution is 2.25. The van der Waals surface area contributed by atoms with Crippen LogP contribution in [0.25, 0.3) is 5.52 Å². The van der Waals surface area contributed by atoms with Crippen LogP contribution in [0, 0.1) is 0 Å². The van der Waals surface area contributed by atoms with Crippen LogP contribution in [0.5, 0.6) is 0 Å². The van der Waals surface area contributed by atoms with Crippen molar-refractivity contribution in [1.82, 2.24) is 14.3 Å². The Hall–Kier alpha value is -1.65. The normalized spacial score (nSPS) is 11.5. The zero-order valence-electron chi connectivity index (χ0n) is 13.0. The molecular formula is C18H20BrN3. The minimum absolute atomic E-state index is 0.900. The number of benzene rings is 1. The third kappa shape index (κ3) is 3.23. The van der Waals surface area contributed by atoms with Crippen LogP contribution in [0.4, 0.5) is 0 Å². The van der Waals surface area contributed by atoms with Crippen molar-refractivity contribution < 1.29 is 0 Å². The number of halogens is 1. The van der Waals surface area contributed by atoms with Gasteiger partial charge in [0, 0.05) is 23.4 Å². The van der Waals surface area contributed by atoms with E-state index >= 15 is 0 Å². The van der Waals surface area contributed by atoms with E-state index in [4.69, 9.17) is 0 Å². The molecule has 0 aliphatic carbocycles. The van der Waals surface area contributed by atoms with Crippen LogP contribution in [0.2, 0.25) is 0 Å². The fourth-order valence-corrected chi connectivity index (χ4v) is 3.27. The maximum atomic E-state index is 4.60. The first kappa shape index (κ1) is 15.3. The molecule has 22 heavy (non-hydrogen) atoms. The highest BCUT2D eigenvalue weighted by molar-refractivity contribution is 9.10. The molecule has 0 fully saturated rings. The van der Waals surface area contributed by atoms with Gasteiger partial charge in [0.15, 0.2) is 0 Å². The second kappa shape index (κ2) is 6.63. The van der Waals surface area contributed by atoms with Crippen LogP contribution < -0.4 is 0 Å². The van der Waals surface area contributed by atoms with Crippen molar-refractivity contribution in [3.05, 3.63) is 70.2 Å². The highest BCUT2D eigenvalue weighted by Gasteiger charge is 2.12. The van der Waals surface area contributed by atoms with E-state index in [1.165, 1.54) is 16.8 Å². The molecule has 3 nitrogen and oxygen atoms in total. The van der Waals surface area contributed by atoms with Crippen LogP contribution in [-0.4, -0.2) is 28.4 Å². The third-order valence-corrected chi connectivity index (χ3v) is 4.48. The molecule has 0 bridgehead atoms. The molecule has 0 amide bonds. The van der Waals surface area contributed by atoms with Gasteiger partial charge in [-0.3, -0.25) is 4.98 Å². The lowest BCUT2D eigenvalue weighted by atomic mass is 10.1. The van der Waals surface area contributed by atoms with Gasteiger partial charge >= 0.3 is 0 Å². The monoisotopic (exact) mass is 357 g/mol. The van der Waals surface area contributed by atoms with E-state index in [9.17, 15) is 0 Å². The van der Waals surface area contributed by atoms with Gasteiger partial charge in [0.05, 0.1) is 16.9 Å². The average molecular weight is 358 g/mol. The van der Waals surface area contributed by atoms with E-state index in [2.05, 4.69) is 80.7 Å². The molecule has 0 saturated carbocycles. The van der Waals surface area contributed by atoms with Gasteiger partial charge in [-0.2, -0.15) is 0 Å². The first-order valence-electron chi connectivity index (χ1n) is 7.47. The largest absolute Gasteiger partial charge is 0.315 e. The Bertz CT molecular complexity index is 763. The predicted octanol–water partition coefficient (Wildman–Crippen LogP) is 3.94. The zero-order valence-corrected chi connectivity index (χ0v) is 14.5. The second-order valence-corrected chi connectivity index (χ2v) is 6.65. The minimum Gasteiger partial charge on any atom is -0.315 e. The molecule has 2 heterocycles. The molecule has 0 N–H and O–H groups in total. The Labute approximate surface area is 139 Å². The molecule has 4 heteroatoms. The molecule has 0 aliphatic heterocycles. The molecule has 0 saturated heterocycles. The molecule has 114 valence electrons. The molecule has 0 radical (unpaired) electrons. The Morgan fingerprint density at radius 1 is 1.14 bits per heavy atom. The summed E-state index contributed by atoms with van der Waals surface area (Å²) in [5, 5.41) is 0. The maximum Gasteiger partial charge on any atom is 0.0681 e. The van der Waals surface area contributed by atoms with Crippen molar-refractivity contribution >= 4 is 21.4 Å². The first-order chi connectivity index (χ1) is 10.6. The van der Waals surface area contributed by atoms with Crippen LogP contribution in [0.1, 0.15) is 17.0 Å². The number of fused-ring (bicyclic) bond motifs is 1. The molecule has 0 atom stereocenters. The topological polar surface area (TPSA) is 20.5 Å². The first-order valence-corrected chi connectivity index (χ1v) is 8.26. The summed E-state index contributed by atoms with van der Waals surface area (Å²) in [6.07, 6.45) is 5.91. The lowest BCUT2D eigenvalue weighted by Crippen LogP contribution is -2.13. The van der Waals surface area contributed by atoms with Crippen molar-refractivity contribution in [2.75, 3.05) is 14.1 Å². The molecule has 3 aromatic rings. The highest BCUT2D eigenvalue weighted by atomic mass is 79.9. The van der Waals surface area contributed by atoms with Crippen molar-refractivity contribution in [3.63, 3.8) is 0 Å². The summed E-state index contributed by atoms with van der Waals surface area (Å²) in [4.78, 5) is 6.78. The Balaban J connectivity index is 1.90. The lowest BCUT2D eigenvalue weighted by molar-refractivity contribution is 0.394. The summed E-state index contributed by atoms with van der Waals surface area (Å²) in [5.41, 5.74) is 4.97. The summed E-state index contributed by atoms with van der Waals surface area (Å²) in [7, 11) is 4.17. The summed E-state index contributed by atoms with van der Waals surface area (Å²) in [6, 6.07) is 12.8. The second-order valence-electron chi connectivity index (χ2n) is 5.79. The minimum atomic E-state index is 0.900. The fourth-order valence-electron chi connectivity index (χ4n) is 2.73.